The van der Waals surface area contributed by atoms with Crippen molar-refractivity contribution in [3.05, 3.63) is 12.7 Å². The second-order valence-electron chi connectivity index (χ2n) is 1.42. The predicted molar refractivity (Wildman–Crippen MR) is 34.1 cm³/mol. The van der Waals surface area contributed by atoms with E-state index in [4.69, 9.17) is 11.6 Å². The van der Waals surface area contributed by atoms with Crippen LogP contribution in [0.2, 0.25) is 0 Å². The van der Waals surface area contributed by atoms with Crippen LogP contribution in [0.5, 0.6) is 0 Å². The molecule has 0 rings (SSSR count). The molecule has 0 aromatic carbocycles. The van der Waals surface area contributed by atoms with Crippen molar-refractivity contribution in [3.63, 3.8) is 0 Å². The van der Waals surface area contributed by atoms with E-state index in [2.05, 4.69) is 6.58 Å². The van der Waals surface area contributed by atoms with Gasteiger partial charge in [0, 0.05) is 13.6 Å². The fourth-order valence-corrected chi connectivity index (χ4v) is 0.334. The molecule has 0 heterocycles. The molecule has 0 unspecified atom stereocenters. The lowest BCUT2D eigenvalue weighted by atomic mass is 10.6. The van der Waals surface area contributed by atoms with Crippen molar-refractivity contribution in [2.45, 2.75) is 0 Å². The fraction of sp³-hybridized carbons (Fsp3) is 0.400. The summed E-state index contributed by atoms with van der Waals surface area (Å²) in [6, 6.07) is 0. The molecular weight excluding hydrogens is 126 g/mol. The van der Waals surface area contributed by atoms with Crippen molar-refractivity contribution in [2.75, 3.05) is 13.6 Å². The summed E-state index contributed by atoms with van der Waals surface area (Å²) in [6.07, 6.45) is 1.61. The molecule has 0 spiro atoms. The molecule has 0 aliphatic carbocycles. The molecule has 0 aliphatic rings. The van der Waals surface area contributed by atoms with Gasteiger partial charge < -0.3 is 4.90 Å². The van der Waals surface area contributed by atoms with Crippen LogP contribution < -0.4 is 0 Å². The fourth-order valence-electron chi connectivity index (χ4n) is 0.265. The minimum atomic E-state index is -0.454. The number of hydrogen-bond donors (Lipinski definition) is 0. The topological polar surface area (TPSA) is 20.3 Å². The van der Waals surface area contributed by atoms with Gasteiger partial charge in [-0.15, -0.1) is 6.58 Å². The molecule has 0 fully saturated rings. The molecule has 0 radical (unpaired) electrons. The Labute approximate surface area is 53.7 Å². The van der Waals surface area contributed by atoms with E-state index in [0.717, 1.165) is 0 Å². The van der Waals surface area contributed by atoms with Crippen molar-refractivity contribution in [1.82, 2.24) is 4.90 Å². The Balaban J connectivity index is 3.46. The Hall–Kier alpha value is -0.500. The van der Waals surface area contributed by atoms with Crippen molar-refractivity contribution in [1.29, 1.82) is 0 Å². The van der Waals surface area contributed by atoms with Crippen LogP contribution >= 0.6 is 11.6 Å². The van der Waals surface area contributed by atoms with E-state index < -0.39 is 5.37 Å². The molecule has 46 valence electrons. The van der Waals surface area contributed by atoms with Crippen LogP contribution in [-0.2, 0) is 0 Å². The summed E-state index contributed by atoms with van der Waals surface area (Å²) in [5.41, 5.74) is 0. The number of nitrogens with zero attached hydrogens (tertiary/aromatic N) is 1. The van der Waals surface area contributed by atoms with Crippen molar-refractivity contribution >= 4 is 17.0 Å². The largest absolute Gasteiger partial charge is 0.329 e. The van der Waals surface area contributed by atoms with Gasteiger partial charge in [-0.25, -0.2) is 0 Å². The summed E-state index contributed by atoms with van der Waals surface area (Å²) in [5.74, 6) is 0. The number of halogens is 1. The van der Waals surface area contributed by atoms with E-state index in [1.807, 2.05) is 0 Å². The lowest BCUT2D eigenvalue weighted by Gasteiger charge is -2.07. The maximum atomic E-state index is 10.2. The number of likely N-dealkylation sites (N-methyl/N-ethyl adjacent to an activating group) is 1. The zero-order valence-electron chi connectivity index (χ0n) is 4.72. The first kappa shape index (κ1) is 7.50. The number of hydrogen-bond acceptors (Lipinski definition) is 1. The Kier molecular flexibility index (Phi) is 3.28. The highest BCUT2D eigenvalue weighted by atomic mass is 35.5. The lowest BCUT2D eigenvalue weighted by molar-refractivity contribution is 0.236. The first-order valence-corrected chi connectivity index (χ1v) is 2.57. The molecule has 0 atom stereocenters. The van der Waals surface area contributed by atoms with E-state index in [1.54, 1.807) is 13.1 Å². The monoisotopic (exact) mass is 133 g/mol. The maximum Gasteiger partial charge on any atom is 0.316 e. The van der Waals surface area contributed by atoms with Gasteiger partial charge >= 0.3 is 5.37 Å². The van der Waals surface area contributed by atoms with E-state index in [0.29, 0.717) is 6.54 Å². The van der Waals surface area contributed by atoms with Crippen molar-refractivity contribution in [2.24, 2.45) is 0 Å². The lowest BCUT2D eigenvalue weighted by Crippen LogP contribution is -2.20. The predicted octanol–water partition coefficient (Wildman–Crippen LogP) is 1.46. The minimum Gasteiger partial charge on any atom is -0.329 e. The third-order valence-corrected chi connectivity index (χ3v) is 0.992. The highest BCUT2D eigenvalue weighted by Gasteiger charge is 1.98. The molecule has 8 heavy (non-hydrogen) atoms. The van der Waals surface area contributed by atoms with E-state index in [1.165, 1.54) is 4.90 Å². The minimum absolute atomic E-state index is 0.454. The molecular formula is C5H8ClNO. The summed E-state index contributed by atoms with van der Waals surface area (Å²) in [4.78, 5) is 11.5. The summed E-state index contributed by atoms with van der Waals surface area (Å²) >= 11 is 5.05. The zero-order chi connectivity index (χ0) is 6.57. The second kappa shape index (κ2) is 3.50. The maximum absolute atomic E-state index is 10.2. The van der Waals surface area contributed by atoms with E-state index >= 15 is 0 Å². The normalized spacial score (nSPS) is 8.25. The quantitative estimate of drug-likeness (QED) is 0.317. The molecule has 3 heteroatoms. The number of carbonyl (C=O) groups excluding carboxylic acids is 1. The first-order valence-electron chi connectivity index (χ1n) is 2.20. The van der Waals surface area contributed by atoms with Crippen LogP contribution in [0.4, 0.5) is 4.79 Å². The molecule has 0 aromatic rings. The number of carbonyl (C=O) groups is 1. The van der Waals surface area contributed by atoms with Crippen LogP contribution in [0.15, 0.2) is 12.7 Å². The van der Waals surface area contributed by atoms with Gasteiger partial charge in [-0.05, 0) is 11.6 Å². The Morgan fingerprint density at radius 3 is 2.62 bits per heavy atom. The molecule has 1 amide bonds. The van der Waals surface area contributed by atoms with Gasteiger partial charge in [0.05, 0.1) is 0 Å². The molecule has 0 N–H and O–H groups in total. The Morgan fingerprint density at radius 2 is 2.50 bits per heavy atom. The van der Waals surface area contributed by atoms with Crippen LogP contribution in [0, 0.1) is 0 Å². The number of amides is 1. The van der Waals surface area contributed by atoms with Gasteiger partial charge in [0.15, 0.2) is 0 Å². The van der Waals surface area contributed by atoms with E-state index in [9.17, 15) is 4.79 Å². The molecule has 0 bridgehead atoms. The summed E-state index contributed by atoms with van der Waals surface area (Å²) in [6.45, 7) is 3.93. The third kappa shape index (κ3) is 2.64. The molecule has 0 aliphatic heterocycles. The second-order valence-corrected chi connectivity index (χ2v) is 1.75. The molecule has 0 saturated carbocycles. The molecule has 2 nitrogen and oxygen atoms in total. The Morgan fingerprint density at radius 1 is 2.00 bits per heavy atom. The average Bonchev–Trinajstić information content (AvgIpc) is 1.67. The van der Waals surface area contributed by atoms with Crippen LogP contribution in [0.1, 0.15) is 0 Å². The highest BCUT2D eigenvalue weighted by Crippen LogP contribution is 1.89. The third-order valence-electron chi connectivity index (χ3n) is 0.703. The highest BCUT2D eigenvalue weighted by molar-refractivity contribution is 6.62. The van der Waals surface area contributed by atoms with Crippen LogP contribution in [0.3, 0.4) is 0 Å². The van der Waals surface area contributed by atoms with Gasteiger partial charge in [-0.2, -0.15) is 0 Å². The zero-order valence-corrected chi connectivity index (χ0v) is 5.48. The van der Waals surface area contributed by atoms with Gasteiger partial charge in [-0.1, -0.05) is 6.08 Å². The van der Waals surface area contributed by atoms with Gasteiger partial charge in [0.1, 0.15) is 0 Å². The van der Waals surface area contributed by atoms with E-state index in [-0.39, 0.29) is 0 Å². The van der Waals surface area contributed by atoms with Crippen LogP contribution in [-0.4, -0.2) is 23.9 Å². The Bertz CT molecular complexity index is 103. The first-order chi connectivity index (χ1) is 3.68. The van der Waals surface area contributed by atoms with Gasteiger partial charge in [-0.3, -0.25) is 4.79 Å². The molecule has 0 aromatic heterocycles. The molecule has 0 saturated heterocycles. The van der Waals surface area contributed by atoms with Gasteiger partial charge in [0.25, 0.3) is 0 Å². The number of rotatable bonds is 2. The van der Waals surface area contributed by atoms with Crippen LogP contribution in [0.25, 0.3) is 0 Å². The van der Waals surface area contributed by atoms with Crippen molar-refractivity contribution in [3.8, 4) is 0 Å². The average molecular weight is 134 g/mol. The standard InChI is InChI=1S/C5H8ClNO/c1-3-4-7(2)5(6)8/h3H,1,4H2,2H3. The summed E-state index contributed by atoms with van der Waals surface area (Å²) in [7, 11) is 1.61. The van der Waals surface area contributed by atoms with Crippen molar-refractivity contribution < 1.29 is 4.79 Å². The SMILES string of the molecule is C=CCN(C)C(=O)Cl. The van der Waals surface area contributed by atoms with Gasteiger partial charge in [0.2, 0.25) is 0 Å². The summed E-state index contributed by atoms with van der Waals surface area (Å²) in [5, 5.41) is -0.454. The smallest absolute Gasteiger partial charge is 0.316 e. The summed E-state index contributed by atoms with van der Waals surface area (Å²) < 4.78 is 0.